The third-order valence-corrected chi connectivity index (χ3v) is 5.32. The Morgan fingerprint density at radius 3 is 2.79 bits per heavy atom. The van der Waals surface area contributed by atoms with Crippen molar-refractivity contribution in [2.45, 2.75) is 11.3 Å². The second-order valence-corrected chi connectivity index (χ2v) is 6.66. The van der Waals surface area contributed by atoms with Crippen LogP contribution in [0, 0.1) is 5.92 Å². The lowest BCUT2D eigenvalue weighted by molar-refractivity contribution is -0.145. The van der Waals surface area contributed by atoms with Gasteiger partial charge in [-0.15, -0.1) is 0 Å². The number of aliphatic carboxylic acids is 1. The van der Waals surface area contributed by atoms with Crippen LogP contribution < -0.4 is 4.74 Å². The van der Waals surface area contributed by atoms with E-state index in [-0.39, 0.29) is 18.0 Å². The Hall–Kier alpha value is -1.60. The van der Waals surface area contributed by atoms with Gasteiger partial charge in [0.25, 0.3) is 0 Å². The summed E-state index contributed by atoms with van der Waals surface area (Å²) in [5, 5.41) is 8.78. The summed E-state index contributed by atoms with van der Waals surface area (Å²) in [6.07, 6.45) is 0.705. The van der Waals surface area contributed by atoms with Crippen molar-refractivity contribution in [2.24, 2.45) is 5.92 Å². The maximum atomic E-state index is 12.3. The van der Waals surface area contributed by atoms with E-state index in [1.165, 1.54) is 10.4 Å². The van der Waals surface area contributed by atoms with Gasteiger partial charge >= 0.3 is 5.97 Å². The summed E-state index contributed by atoms with van der Waals surface area (Å²) in [7, 11) is -3.58. The van der Waals surface area contributed by atoms with Crippen LogP contribution in [0.15, 0.2) is 23.1 Å². The SMILES string of the molecule is O=C(O)C1CN(S(=O)(=O)c2ccc3c(c2)CCO3)C1. The molecule has 0 atom stereocenters. The summed E-state index contributed by atoms with van der Waals surface area (Å²) in [6.45, 7) is 0.667. The molecule has 0 unspecified atom stereocenters. The smallest absolute Gasteiger partial charge is 0.309 e. The molecule has 2 heterocycles. The Morgan fingerprint density at radius 2 is 2.11 bits per heavy atom. The molecule has 2 aliphatic rings. The Balaban J connectivity index is 1.84. The lowest BCUT2D eigenvalue weighted by atomic mass is 10.0. The quantitative estimate of drug-likeness (QED) is 0.864. The average molecular weight is 283 g/mol. The molecule has 1 fully saturated rings. The lowest BCUT2D eigenvalue weighted by Gasteiger charge is -2.35. The van der Waals surface area contributed by atoms with Gasteiger partial charge in [-0.1, -0.05) is 0 Å². The van der Waals surface area contributed by atoms with Crippen LogP contribution in [0.25, 0.3) is 0 Å². The van der Waals surface area contributed by atoms with E-state index < -0.39 is 21.9 Å². The van der Waals surface area contributed by atoms with E-state index >= 15 is 0 Å². The Bertz CT molecular complexity index is 634. The van der Waals surface area contributed by atoms with Gasteiger partial charge in [0.2, 0.25) is 10.0 Å². The van der Waals surface area contributed by atoms with E-state index in [0.717, 1.165) is 11.3 Å². The number of carboxylic acids is 1. The second kappa shape index (κ2) is 4.21. The fourth-order valence-corrected chi connectivity index (χ4v) is 3.84. The summed E-state index contributed by atoms with van der Waals surface area (Å²) in [4.78, 5) is 10.9. The average Bonchev–Trinajstić information content (AvgIpc) is 2.72. The molecule has 1 aromatic rings. The fraction of sp³-hybridized carbons (Fsp3) is 0.417. The highest BCUT2D eigenvalue weighted by molar-refractivity contribution is 7.89. The minimum atomic E-state index is -3.58. The molecule has 1 N–H and O–H groups in total. The zero-order chi connectivity index (χ0) is 13.6. The second-order valence-electron chi connectivity index (χ2n) is 4.73. The van der Waals surface area contributed by atoms with Crippen molar-refractivity contribution < 1.29 is 23.1 Å². The molecular formula is C12H13NO5S. The highest BCUT2D eigenvalue weighted by Crippen LogP contribution is 2.31. The lowest BCUT2D eigenvalue weighted by Crippen LogP contribution is -2.52. The number of ether oxygens (including phenoxy) is 1. The van der Waals surface area contributed by atoms with Crippen LogP contribution in [0.4, 0.5) is 0 Å². The highest BCUT2D eigenvalue weighted by Gasteiger charge is 2.40. The summed E-state index contributed by atoms with van der Waals surface area (Å²) >= 11 is 0. The number of sulfonamides is 1. The van der Waals surface area contributed by atoms with Gasteiger partial charge in [0.05, 0.1) is 17.4 Å². The van der Waals surface area contributed by atoms with E-state index in [2.05, 4.69) is 0 Å². The molecule has 0 bridgehead atoms. The topological polar surface area (TPSA) is 83.9 Å². The molecule has 0 spiro atoms. The molecular weight excluding hydrogens is 270 g/mol. The molecule has 1 saturated heterocycles. The van der Waals surface area contributed by atoms with Gasteiger partial charge in [-0.25, -0.2) is 8.42 Å². The van der Waals surface area contributed by atoms with Gasteiger partial charge in [0, 0.05) is 19.5 Å². The largest absolute Gasteiger partial charge is 0.493 e. The Labute approximate surface area is 110 Å². The fourth-order valence-electron chi connectivity index (χ4n) is 2.26. The predicted octanol–water partition coefficient (Wildman–Crippen LogP) is 0.327. The number of fused-ring (bicyclic) bond motifs is 1. The van der Waals surface area contributed by atoms with Crippen LogP contribution in [0.3, 0.4) is 0 Å². The van der Waals surface area contributed by atoms with E-state index in [1.807, 2.05) is 0 Å². The molecule has 0 aliphatic carbocycles. The minimum Gasteiger partial charge on any atom is -0.493 e. The van der Waals surface area contributed by atoms with Crippen LogP contribution in [-0.4, -0.2) is 43.5 Å². The van der Waals surface area contributed by atoms with Crippen LogP contribution in [-0.2, 0) is 21.2 Å². The highest BCUT2D eigenvalue weighted by atomic mass is 32.2. The van der Waals surface area contributed by atoms with Gasteiger partial charge in [0.15, 0.2) is 0 Å². The third-order valence-electron chi connectivity index (χ3n) is 3.50. The van der Waals surface area contributed by atoms with Crippen molar-refractivity contribution in [2.75, 3.05) is 19.7 Å². The standard InChI is InChI=1S/C12H13NO5S/c14-12(15)9-6-13(7-9)19(16,17)10-1-2-11-8(5-10)3-4-18-11/h1-2,5,9H,3-4,6-7H2,(H,14,15). The van der Waals surface area contributed by atoms with Crippen molar-refractivity contribution in [3.05, 3.63) is 23.8 Å². The summed E-state index contributed by atoms with van der Waals surface area (Å²) in [5.41, 5.74) is 0.886. The number of benzene rings is 1. The first kappa shape index (κ1) is 12.4. The first-order chi connectivity index (χ1) is 8.98. The molecule has 1 aromatic carbocycles. The first-order valence-corrected chi connectivity index (χ1v) is 7.41. The van der Waals surface area contributed by atoms with Crippen molar-refractivity contribution in [3.8, 4) is 5.75 Å². The molecule has 6 nitrogen and oxygen atoms in total. The number of hydrogen-bond donors (Lipinski definition) is 1. The molecule has 7 heteroatoms. The van der Waals surface area contributed by atoms with Crippen molar-refractivity contribution in [1.82, 2.24) is 4.31 Å². The predicted molar refractivity (Wildman–Crippen MR) is 65.5 cm³/mol. The number of nitrogens with zero attached hydrogens (tertiary/aromatic N) is 1. The zero-order valence-corrected chi connectivity index (χ0v) is 10.9. The first-order valence-electron chi connectivity index (χ1n) is 5.97. The summed E-state index contributed by atoms with van der Waals surface area (Å²) < 4.78 is 31.1. The van der Waals surface area contributed by atoms with Gasteiger partial charge in [-0.2, -0.15) is 4.31 Å². The molecule has 102 valence electrons. The molecule has 0 radical (unpaired) electrons. The van der Waals surface area contributed by atoms with Gasteiger partial charge < -0.3 is 9.84 Å². The van der Waals surface area contributed by atoms with Crippen molar-refractivity contribution >= 4 is 16.0 Å². The molecule has 19 heavy (non-hydrogen) atoms. The molecule has 2 aliphatic heterocycles. The van der Waals surface area contributed by atoms with Crippen molar-refractivity contribution in [3.63, 3.8) is 0 Å². The van der Waals surface area contributed by atoms with Crippen LogP contribution >= 0.6 is 0 Å². The summed E-state index contributed by atoms with van der Waals surface area (Å²) in [6, 6.07) is 4.78. The van der Waals surface area contributed by atoms with Crippen LogP contribution in [0.1, 0.15) is 5.56 Å². The number of hydrogen-bond acceptors (Lipinski definition) is 4. The van der Waals surface area contributed by atoms with Gasteiger partial charge in [-0.05, 0) is 23.8 Å². The number of carboxylic acid groups (broad SMARTS) is 1. The minimum absolute atomic E-state index is 0.0469. The third kappa shape index (κ3) is 1.98. The molecule has 0 saturated carbocycles. The van der Waals surface area contributed by atoms with E-state index in [0.29, 0.717) is 13.0 Å². The van der Waals surface area contributed by atoms with E-state index in [9.17, 15) is 13.2 Å². The van der Waals surface area contributed by atoms with Gasteiger partial charge in [-0.3, -0.25) is 4.79 Å². The van der Waals surface area contributed by atoms with E-state index in [1.54, 1.807) is 12.1 Å². The van der Waals surface area contributed by atoms with Gasteiger partial charge in [0.1, 0.15) is 5.75 Å². The van der Waals surface area contributed by atoms with Crippen LogP contribution in [0.5, 0.6) is 5.75 Å². The van der Waals surface area contributed by atoms with E-state index in [4.69, 9.17) is 9.84 Å². The summed E-state index contributed by atoms with van der Waals surface area (Å²) in [5.74, 6) is -0.813. The monoisotopic (exact) mass is 283 g/mol. The Morgan fingerprint density at radius 1 is 1.37 bits per heavy atom. The molecule has 0 amide bonds. The van der Waals surface area contributed by atoms with Crippen molar-refractivity contribution in [1.29, 1.82) is 0 Å². The molecule has 3 rings (SSSR count). The zero-order valence-electron chi connectivity index (χ0n) is 10.1. The maximum Gasteiger partial charge on any atom is 0.309 e. The Kier molecular flexibility index (Phi) is 2.75. The normalized spacial score (nSPS) is 19.6. The number of rotatable bonds is 3. The molecule has 0 aromatic heterocycles. The maximum absolute atomic E-state index is 12.3. The number of carbonyl (C=O) groups is 1. The van der Waals surface area contributed by atoms with Crippen LogP contribution in [0.2, 0.25) is 0 Å².